The lowest BCUT2D eigenvalue weighted by Crippen LogP contribution is -2.45. The molecule has 1 aliphatic heterocycles. The maximum Gasteiger partial charge on any atom is 0.161 e. The molecular formula is C19H25N3O2. The fourth-order valence-electron chi connectivity index (χ4n) is 3.29. The van der Waals surface area contributed by atoms with Crippen LogP contribution >= 0.6 is 0 Å². The number of aryl methyl sites for hydroxylation is 1. The number of aromatic nitrogens is 1. The highest BCUT2D eigenvalue weighted by molar-refractivity contribution is 5.46. The van der Waals surface area contributed by atoms with Crippen LogP contribution in [0.3, 0.4) is 0 Å². The van der Waals surface area contributed by atoms with Crippen LogP contribution < -0.4 is 14.8 Å². The third kappa shape index (κ3) is 3.37. The molecule has 1 N–H and O–H groups in total. The van der Waals surface area contributed by atoms with Crippen LogP contribution in [0.25, 0.3) is 0 Å². The molecule has 0 bridgehead atoms. The molecule has 0 amide bonds. The molecule has 0 spiro atoms. The van der Waals surface area contributed by atoms with Gasteiger partial charge in [0.2, 0.25) is 0 Å². The molecule has 1 fully saturated rings. The summed E-state index contributed by atoms with van der Waals surface area (Å²) in [6.07, 6.45) is 1.87. The Morgan fingerprint density at radius 2 is 1.83 bits per heavy atom. The molecule has 24 heavy (non-hydrogen) atoms. The van der Waals surface area contributed by atoms with E-state index in [4.69, 9.17) is 14.5 Å². The van der Waals surface area contributed by atoms with Crippen LogP contribution in [0.2, 0.25) is 0 Å². The molecule has 1 aromatic heterocycles. The van der Waals surface area contributed by atoms with Gasteiger partial charge in [0.15, 0.2) is 11.5 Å². The molecule has 2 heterocycles. The molecule has 0 aliphatic carbocycles. The molecule has 0 saturated carbocycles. The van der Waals surface area contributed by atoms with Gasteiger partial charge in [-0.2, -0.15) is 0 Å². The Hall–Kier alpha value is -2.11. The highest BCUT2D eigenvalue weighted by Gasteiger charge is 2.27. The molecule has 1 aromatic carbocycles. The number of hydrogen-bond donors (Lipinski definition) is 1. The van der Waals surface area contributed by atoms with Gasteiger partial charge in [-0.05, 0) is 36.2 Å². The van der Waals surface area contributed by atoms with Crippen molar-refractivity contribution in [2.24, 2.45) is 0 Å². The Kier molecular flexibility index (Phi) is 5.33. The van der Waals surface area contributed by atoms with Gasteiger partial charge in [0.1, 0.15) is 0 Å². The summed E-state index contributed by atoms with van der Waals surface area (Å²) >= 11 is 0. The van der Waals surface area contributed by atoms with E-state index in [-0.39, 0.29) is 6.04 Å². The van der Waals surface area contributed by atoms with Crippen LogP contribution in [-0.2, 0) is 0 Å². The summed E-state index contributed by atoms with van der Waals surface area (Å²) in [5.41, 5.74) is 3.48. The summed E-state index contributed by atoms with van der Waals surface area (Å²) in [7, 11) is 3.34. The van der Waals surface area contributed by atoms with E-state index in [1.807, 2.05) is 18.3 Å². The molecule has 5 nitrogen and oxygen atoms in total. The number of nitrogens with zero attached hydrogens (tertiary/aromatic N) is 2. The van der Waals surface area contributed by atoms with Crippen molar-refractivity contribution >= 4 is 0 Å². The average Bonchev–Trinajstić information content (AvgIpc) is 2.64. The van der Waals surface area contributed by atoms with Crippen LogP contribution in [0.4, 0.5) is 0 Å². The molecular weight excluding hydrogens is 302 g/mol. The fraction of sp³-hybridized carbons (Fsp3) is 0.421. The standard InChI is InChI=1S/C19H25N3O2/c1-14-5-4-8-21-18(14)19(22-11-9-20-10-12-22)15-6-7-16(23-2)17(13-15)24-3/h4-8,13,19-20H,9-12H2,1-3H3. The zero-order valence-corrected chi connectivity index (χ0v) is 14.6. The number of pyridine rings is 1. The predicted molar refractivity (Wildman–Crippen MR) is 94.8 cm³/mol. The molecule has 5 heteroatoms. The van der Waals surface area contributed by atoms with Crippen molar-refractivity contribution in [3.63, 3.8) is 0 Å². The van der Waals surface area contributed by atoms with Crippen molar-refractivity contribution in [1.82, 2.24) is 15.2 Å². The SMILES string of the molecule is COc1ccc(C(c2ncccc2C)N2CCNCC2)cc1OC. The molecule has 0 radical (unpaired) electrons. The van der Waals surface area contributed by atoms with Gasteiger partial charge in [-0.15, -0.1) is 0 Å². The number of nitrogens with one attached hydrogen (secondary N) is 1. The summed E-state index contributed by atoms with van der Waals surface area (Å²) in [4.78, 5) is 7.17. The van der Waals surface area contributed by atoms with Crippen molar-refractivity contribution in [2.75, 3.05) is 40.4 Å². The van der Waals surface area contributed by atoms with E-state index < -0.39 is 0 Å². The van der Waals surface area contributed by atoms with Gasteiger partial charge in [-0.1, -0.05) is 12.1 Å². The van der Waals surface area contributed by atoms with E-state index in [2.05, 4.69) is 35.3 Å². The first-order valence-electron chi connectivity index (χ1n) is 8.33. The molecule has 1 atom stereocenters. The van der Waals surface area contributed by atoms with Gasteiger partial charge in [0, 0.05) is 32.4 Å². The van der Waals surface area contributed by atoms with Gasteiger partial charge >= 0.3 is 0 Å². The first-order valence-corrected chi connectivity index (χ1v) is 8.33. The van der Waals surface area contributed by atoms with Crippen molar-refractivity contribution in [1.29, 1.82) is 0 Å². The molecule has 3 rings (SSSR count). The third-order valence-electron chi connectivity index (χ3n) is 4.55. The third-order valence-corrected chi connectivity index (χ3v) is 4.55. The van der Waals surface area contributed by atoms with E-state index >= 15 is 0 Å². The van der Waals surface area contributed by atoms with Gasteiger partial charge in [-0.25, -0.2) is 0 Å². The van der Waals surface area contributed by atoms with Crippen LogP contribution in [-0.4, -0.2) is 50.3 Å². The summed E-state index contributed by atoms with van der Waals surface area (Å²) in [6.45, 7) is 6.10. The summed E-state index contributed by atoms with van der Waals surface area (Å²) in [5, 5.41) is 3.42. The molecule has 2 aromatic rings. The lowest BCUT2D eigenvalue weighted by Gasteiger charge is -2.35. The maximum absolute atomic E-state index is 5.50. The lowest BCUT2D eigenvalue weighted by molar-refractivity contribution is 0.194. The van der Waals surface area contributed by atoms with Crippen molar-refractivity contribution in [3.05, 3.63) is 53.3 Å². The molecule has 1 unspecified atom stereocenters. The monoisotopic (exact) mass is 327 g/mol. The highest BCUT2D eigenvalue weighted by Crippen LogP contribution is 2.35. The number of rotatable bonds is 5. The fourth-order valence-corrected chi connectivity index (χ4v) is 3.29. The van der Waals surface area contributed by atoms with Crippen LogP contribution in [0, 0.1) is 6.92 Å². The van der Waals surface area contributed by atoms with Gasteiger partial charge in [0.25, 0.3) is 0 Å². The van der Waals surface area contributed by atoms with Crippen LogP contribution in [0.15, 0.2) is 36.5 Å². The van der Waals surface area contributed by atoms with E-state index in [0.717, 1.165) is 43.4 Å². The minimum Gasteiger partial charge on any atom is -0.493 e. The van der Waals surface area contributed by atoms with Crippen molar-refractivity contribution in [2.45, 2.75) is 13.0 Å². The van der Waals surface area contributed by atoms with Crippen LogP contribution in [0.5, 0.6) is 11.5 Å². The predicted octanol–water partition coefficient (Wildman–Crippen LogP) is 2.40. The Morgan fingerprint density at radius 1 is 1.08 bits per heavy atom. The number of piperazine rings is 1. The molecule has 1 aliphatic rings. The van der Waals surface area contributed by atoms with Crippen LogP contribution in [0.1, 0.15) is 22.9 Å². The minimum atomic E-state index is 0.119. The second-order valence-corrected chi connectivity index (χ2v) is 6.01. The smallest absolute Gasteiger partial charge is 0.161 e. The zero-order valence-electron chi connectivity index (χ0n) is 14.6. The second kappa shape index (κ2) is 7.64. The summed E-state index contributed by atoms with van der Waals surface area (Å²) in [6, 6.07) is 10.4. The van der Waals surface area contributed by atoms with Gasteiger partial charge in [-0.3, -0.25) is 9.88 Å². The minimum absolute atomic E-state index is 0.119. The second-order valence-electron chi connectivity index (χ2n) is 6.01. The normalized spacial score (nSPS) is 16.6. The number of benzene rings is 1. The van der Waals surface area contributed by atoms with E-state index in [0.29, 0.717) is 0 Å². The number of hydrogen-bond acceptors (Lipinski definition) is 5. The Bertz CT molecular complexity index is 684. The average molecular weight is 327 g/mol. The molecule has 128 valence electrons. The number of ether oxygens (including phenoxy) is 2. The Morgan fingerprint density at radius 3 is 2.50 bits per heavy atom. The zero-order chi connectivity index (χ0) is 16.9. The summed E-state index contributed by atoms with van der Waals surface area (Å²) < 4.78 is 10.9. The summed E-state index contributed by atoms with van der Waals surface area (Å²) in [5.74, 6) is 1.50. The number of methoxy groups -OCH3 is 2. The topological polar surface area (TPSA) is 46.6 Å². The van der Waals surface area contributed by atoms with E-state index in [9.17, 15) is 0 Å². The van der Waals surface area contributed by atoms with Gasteiger partial charge in [0.05, 0.1) is 26.0 Å². The van der Waals surface area contributed by atoms with E-state index in [1.54, 1.807) is 14.2 Å². The largest absolute Gasteiger partial charge is 0.493 e. The van der Waals surface area contributed by atoms with Crippen molar-refractivity contribution in [3.8, 4) is 11.5 Å². The van der Waals surface area contributed by atoms with Crippen molar-refractivity contribution < 1.29 is 9.47 Å². The highest BCUT2D eigenvalue weighted by atomic mass is 16.5. The molecule has 1 saturated heterocycles. The van der Waals surface area contributed by atoms with Gasteiger partial charge < -0.3 is 14.8 Å². The van der Waals surface area contributed by atoms with E-state index in [1.165, 1.54) is 11.1 Å². The Labute approximate surface area is 143 Å². The first kappa shape index (κ1) is 16.7. The first-order chi connectivity index (χ1) is 11.7. The quantitative estimate of drug-likeness (QED) is 0.914. The Balaban J connectivity index is 2.06. The maximum atomic E-state index is 5.50. The lowest BCUT2D eigenvalue weighted by atomic mass is 9.97.